The summed E-state index contributed by atoms with van der Waals surface area (Å²) in [6.07, 6.45) is 4.15. The number of rotatable bonds is 10. The number of nitrogens with zero attached hydrogens (tertiary/aromatic N) is 4. The fourth-order valence-corrected chi connectivity index (χ4v) is 3.90. The molecule has 0 saturated heterocycles. The molecule has 1 aliphatic rings. The van der Waals surface area contributed by atoms with Crippen molar-refractivity contribution in [2.45, 2.75) is 37.0 Å². The van der Waals surface area contributed by atoms with Crippen LogP contribution < -0.4 is 9.47 Å². The third-order valence-electron chi connectivity index (χ3n) is 4.64. The highest BCUT2D eigenvalue weighted by molar-refractivity contribution is 7.99. The third kappa shape index (κ3) is 4.49. The van der Waals surface area contributed by atoms with Crippen molar-refractivity contribution in [1.29, 1.82) is 0 Å². The molecule has 7 nitrogen and oxygen atoms in total. The maximum Gasteiger partial charge on any atom is 0.233 e. The van der Waals surface area contributed by atoms with Gasteiger partial charge < -0.3 is 18.9 Å². The van der Waals surface area contributed by atoms with Gasteiger partial charge in [0.25, 0.3) is 0 Å². The summed E-state index contributed by atoms with van der Waals surface area (Å²) in [5, 5.41) is 9.37. The largest absolute Gasteiger partial charge is 0.493 e. The molecule has 0 unspecified atom stereocenters. The summed E-state index contributed by atoms with van der Waals surface area (Å²) in [6.45, 7) is 4.91. The fraction of sp³-hybridized carbons (Fsp3) is 0.450. The lowest BCUT2D eigenvalue weighted by Crippen LogP contribution is -2.28. The molecule has 1 aromatic heterocycles. The molecule has 1 saturated carbocycles. The summed E-state index contributed by atoms with van der Waals surface area (Å²) in [5.41, 5.74) is 0.897. The number of aromatic nitrogens is 3. The molecule has 1 fully saturated rings. The van der Waals surface area contributed by atoms with Crippen molar-refractivity contribution >= 4 is 17.7 Å². The third-order valence-corrected chi connectivity index (χ3v) is 5.59. The first-order valence-corrected chi connectivity index (χ1v) is 10.2. The van der Waals surface area contributed by atoms with Crippen molar-refractivity contribution < 1.29 is 14.3 Å². The Balaban J connectivity index is 1.63. The number of thioether (sulfide) groups is 1. The monoisotopic (exact) mass is 402 g/mol. The Kier molecular flexibility index (Phi) is 6.61. The first-order chi connectivity index (χ1) is 13.6. The smallest absolute Gasteiger partial charge is 0.233 e. The van der Waals surface area contributed by atoms with Gasteiger partial charge in [0.2, 0.25) is 5.91 Å². The summed E-state index contributed by atoms with van der Waals surface area (Å²) in [4.78, 5) is 14.3. The van der Waals surface area contributed by atoms with E-state index in [9.17, 15) is 4.79 Å². The van der Waals surface area contributed by atoms with Crippen molar-refractivity contribution in [3.8, 4) is 11.5 Å². The van der Waals surface area contributed by atoms with Crippen LogP contribution in [0.15, 0.2) is 36.0 Å². The highest BCUT2D eigenvalue weighted by Gasteiger charge is 2.30. The second-order valence-corrected chi connectivity index (χ2v) is 7.65. The molecule has 0 atom stereocenters. The van der Waals surface area contributed by atoms with Crippen LogP contribution in [-0.4, -0.2) is 52.6 Å². The summed E-state index contributed by atoms with van der Waals surface area (Å²) in [5.74, 6) is 3.11. The van der Waals surface area contributed by atoms with E-state index in [-0.39, 0.29) is 5.91 Å². The SMILES string of the molecule is C=CCn1c(SCC(=O)N(C)Cc2cccc(OC)c2OC)nnc1C1CC1. The molecule has 0 N–H and O–H groups in total. The van der Waals surface area contributed by atoms with E-state index in [4.69, 9.17) is 9.47 Å². The molecule has 0 bridgehead atoms. The Labute approximate surface area is 169 Å². The molecule has 3 rings (SSSR count). The van der Waals surface area contributed by atoms with E-state index < -0.39 is 0 Å². The number of benzene rings is 1. The fourth-order valence-electron chi connectivity index (χ4n) is 3.01. The average molecular weight is 403 g/mol. The molecule has 2 aromatic rings. The predicted molar refractivity (Wildman–Crippen MR) is 109 cm³/mol. The van der Waals surface area contributed by atoms with Gasteiger partial charge in [0.1, 0.15) is 5.82 Å². The van der Waals surface area contributed by atoms with Crippen LogP contribution >= 0.6 is 11.8 Å². The first kappa shape index (κ1) is 20.3. The number of hydrogen-bond donors (Lipinski definition) is 0. The van der Waals surface area contributed by atoms with E-state index in [1.807, 2.05) is 24.3 Å². The van der Waals surface area contributed by atoms with Gasteiger partial charge in [-0.1, -0.05) is 30.0 Å². The van der Waals surface area contributed by atoms with Gasteiger partial charge in [-0.25, -0.2) is 0 Å². The van der Waals surface area contributed by atoms with Crippen LogP contribution in [0.4, 0.5) is 0 Å². The minimum absolute atomic E-state index is 0.0102. The van der Waals surface area contributed by atoms with Gasteiger partial charge in [-0.3, -0.25) is 4.79 Å². The lowest BCUT2D eigenvalue weighted by Gasteiger charge is -2.19. The van der Waals surface area contributed by atoms with Crippen LogP contribution in [0.5, 0.6) is 11.5 Å². The molecule has 0 spiro atoms. The van der Waals surface area contributed by atoms with E-state index in [0.29, 0.717) is 36.3 Å². The lowest BCUT2D eigenvalue weighted by molar-refractivity contribution is -0.127. The average Bonchev–Trinajstić information content (AvgIpc) is 3.47. The van der Waals surface area contributed by atoms with Crippen LogP contribution in [0.1, 0.15) is 30.1 Å². The molecule has 1 amide bonds. The highest BCUT2D eigenvalue weighted by atomic mass is 32.2. The predicted octanol–water partition coefficient (Wildman–Crippen LogP) is 3.11. The minimum atomic E-state index is 0.0102. The van der Waals surface area contributed by atoms with Crippen LogP contribution in [0.3, 0.4) is 0 Å². The normalized spacial score (nSPS) is 13.2. The molecule has 28 heavy (non-hydrogen) atoms. The van der Waals surface area contributed by atoms with Crippen molar-refractivity contribution in [2.75, 3.05) is 27.0 Å². The molecule has 1 heterocycles. The van der Waals surface area contributed by atoms with Crippen molar-refractivity contribution in [3.63, 3.8) is 0 Å². The second-order valence-electron chi connectivity index (χ2n) is 6.71. The quantitative estimate of drug-likeness (QED) is 0.449. The number of carbonyl (C=O) groups excluding carboxylic acids is 1. The number of allylic oxidation sites excluding steroid dienone is 1. The molecule has 150 valence electrons. The maximum absolute atomic E-state index is 12.7. The first-order valence-electron chi connectivity index (χ1n) is 9.19. The summed E-state index contributed by atoms with van der Waals surface area (Å²) in [6, 6.07) is 5.66. The number of ether oxygens (including phenoxy) is 2. The van der Waals surface area contributed by atoms with Crippen LogP contribution in [0.25, 0.3) is 0 Å². The zero-order chi connectivity index (χ0) is 20.1. The van der Waals surface area contributed by atoms with Gasteiger partial charge >= 0.3 is 0 Å². The zero-order valence-corrected chi connectivity index (χ0v) is 17.4. The molecule has 0 radical (unpaired) electrons. The maximum atomic E-state index is 12.7. The number of hydrogen-bond acceptors (Lipinski definition) is 6. The summed E-state index contributed by atoms with van der Waals surface area (Å²) >= 11 is 1.41. The van der Waals surface area contributed by atoms with Crippen molar-refractivity contribution in [3.05, 3.63) is 42.2 Å². The molecular weight excluding hydrogens is 376 g/mol. The Bertz CT molecular complexity index is 848. The van der Waals surface area contributed by atoms with Gasteiger partial charge in [-0.15, -0.1) is 16.8 Å². The van der Waals surface area contributed by atoms with Gasteiger partial charge in [0.05, 0.1) is 20.0 Å². The minimum Gasteiger partial charge on any atom is -0.493 e. The molecule has 0 aliphatic heterocycles. The van der Waals surface area contributed by atoms with Crippen LogP contribution in [-0.2, 0) is 17.9 Å². The number of methoxy groups -OCH3 is 2. The number of carbonyl (C=O) groups is 1. The van der Waals surface area contributed by atoms with Gasteiger partial charge in [-0.2, -0.15) is 0 Å². The number of para-hydroxylation sites is 1. The van der Waals surface area contributed by atoms with Crippen molar-refractivity contribution in [2.24, 2.45) is 0 Å². The van der Waals surface area contributed by atoms with E-state index in [0.717, 1.165) is 29.4 Å². The molecule has 1 aromatic carbocycles. The molecule has 8 heteroatoms. The van der Waals surface area contributed by atoms with E-state index >= 15 is 0 Å². The zero-order valence-electron chi connectivity index (χ0n) is 16.6. The summed E-state index contributed by atoms with van der Waals surface area (Å²) in [7, 11) is 4.98. The van der Waals surface area contributed by atoms with Gasteiger partial charge in [-0.05, 0) is 18.9 Å². The number of amides is 1. The highest BCUT2D eigenvalue weighted by Crippen LogP contribution is 2.40. The Morgan fingerprint density at radius 2 is 2.14 bits per heavy atom. The molecule has 1 aliphatic carbocycles. The second kappa shape index (κ2) is 9.14. The lowest BCUT2D eigenvalue weighted by atomic mass is 10.1. The van der Waals surface area contributed by atoms with E-state index in [2.05, 4.69) is 21.3 Å². The van der Waals surface area contributed by atoms with Crippen molar-refractivity contribution in [1.82, 2.24) is 19.7 Å². The topological polar surface area (TPSA) is 69.5 Å². The van der Waals surface area contributed by atoms with Gasteiger partial charge in [0.15, 0.2) is 16.7 Å². The van der Waals surface area contributed by atoms with E-state index in [1.165, 1.54) is 11.8 Å². The Morgan fingerprint density at radius 1 is 1.36 bits per heavy atom. The summed E-state index contributed by atoms with van der Waals surface area (Å²) < 4.78 is 12.8. The Hall–Kier alpha value is -2.48. The van der Waals surface area contributed by atoms with E-state index in [1.54, 1.807) is 26.2 Å². The van der Waals surface area contributed by atoms with Crippen LogP contribution in [0, 0.1) is 0 Å². The molecular formula is C20H26N4O3S. The van der Waals surface area contributed by atoms with Crippen LogP contribution in [0.2, 0.25) is 0 Å². The standard InChI is InChI=1S/C20H26N4O3S/c1-5-11-24-19(14-9-10-14)21-22-20(24)28-13-17(25)23(2)12-15-7-6-8-16(26-3)18(15)27-4/h5-8,14H,1,9-13H2,2-4H3. The van der Waals surface area contributed by atoms with Gasteiger partial charge in [0, 0.05) is 31.6 Å². The Morgan fingerprint density at radius 3 is 2.79 bits per heavy atom.